The summed E-state index contributed by atoms with van der Waals surface area (Å²) in [5, 5.41) is 0.896. The Morgan fingerprint density at radius 1 is 1.36 bits per heavy atom. The number of nitrogens with one attached hydrogen (secondary N) is 1. The molecule has 1 aromatic carbocycles. The molecule has 1 unspecified atom stereocenters. The van der Waals surface area contributed by atoms with Crippen LogP contribution in [0.15, 0.2) is 35.6 Å². The summed E-state index contributed by atoms with van der Waals surface area (Å²) in [6.07, 6.45) is 0.792. The van der Waals surface area contributed by atoms with Gasteiger partial charge >= 0.3 is 0 Å². The van der Waals surface area contributed by atoms with Gasteiger partial charge in [-0.3, -0.25) is 4.79 Å². The predicted octanol–water partition coefficient (Wildman–Crippen LogP) is 3.31. The van der Waals surface area contributed by atoms with Crippen LogP contribution < -0.4 is 16.0 Å². The van der Waals surface area contributed by atoms with E-state index in [4.69, 9.17) is 10.5 Å². The molecule has 0 saturated carbocycles. The molecule has 1 atom stereocenters. The van der Waals surface area contributed by atoms with E-state index < -0.39 is 5.54 Å². The Hall–Kier alpha value is -2.07. The zero-order valence-corrected chi connectivity index (χ0v) is 13.7. The van der Waals surface area contributed by atoms with Crippen LogP contribution in [0.5, 0.6) is 5.75 Å². The molecule has 0 bridgehead atoms. The number of H-pyrrole nitrogens is 1. The van der Waals surface area contributed by atoms with Crippen molar-refractivity contribution in [2.24, 2.45) is 11.7 Å². The number of hydrogen-bond donors (Lipinski definition) is 2. The molecule has 0 radical (unpaired) electrons. The molecule has 22 heavy (non-hydrogen) atoms. The van der Waals surface area contributed by atoms with Gasteiger partial charge in [-0.2, -0.15) is 0 Å². The first-order chi connectivity index (χ1) is 10.3. The maximum Gasteiger partial charge on any atom is 0.248 e. The van der Waals surface area contributed by atoms with Crippen molar-refractivity contribution in [2.45, 2.75) is 32.7 Å². The largest absolute Gasteiger partial charge is 0.495 e. The number of aromatic nitrogens is 1. The van der Waals surface area contributed by atoms with E-state index in [1.807, 2.05) is 12.1 Å². The van der Waals surface area contributed by atoms with Gasteiger partial charge in [0.15, 0.2) is 0 Å². The molecule has 0 spiro atoms. The number of benzene rings is 1. The lowest BCUT2D eigenvalue weighted by atomic mass is 9.75. The minimum Gasteiger partial charge on any atom is -0.495 e. The average Bonchev–Trinajstić information content (AvgIpc) is 2.51. The van der Waals surface area contributed by atoms with Gasteiger partial charge in [0, 0.05) is 17.0 Å². The molecule has 2 rings (SSSR count). The van der Waals surface area contributed by atoms with Crippen molar-refractivity contribution in [1.82, 2.24) is 4.98 Å². The van der Waals surface area contributed by atoms with Gasteiger partial charge in [-0.05, 0) is 35.6 Å². The van der Waals surface area contributed by atoms with Gasteiger partial charge in [-0.25, -0.2) is 0 Å². The summed E-state index contributed by atoms with van der Waals surface area (Å²) >= 11 is 0. The lowest BCUT2D eigenvalue weighted by Gasteiger charge is -2.35. The van der Waals surface area contributed by atoms with Crippen LogP contribution in [0.2, 0.25) is 0 Å². The van der Waals surface area contributed by atoms with Crippen LogP contribution in [0.4, 0.5) is 0 Å². The van der Waals surface area contributed by atoms with Gasteiger partial charge < -0.3 is 15.5 Å². The summed E-state index contributed by atoms with van der Waals surface area (Å²) in [6.45, 7) is 10.5. The molecule has 0 saturated heterocycles. The highest BCUT2D eigenvalue weighted by Crippen LogP contribution is 2.37. The number of nitrogens with two attached hydrogens (primary N) is 1. The molecule has 0 fully saturated rings. The van der Waals surface area contributed by atoms with Gasteiger partial charge in [0.2, 0.25) is 5.56 Å². The lowest BCUT2D eigenvalue weighted by molar-refractivity contribution is 0.388. The summed E-state index contributed by atoms with van der Waals surface area (Å²) in [6, 6.07) is 7.11. The third kappa shape index (κ3) is 2.55. The number of aromatic amines is 1. The Bertz CT molecular complexity index is 761. The Morgan fingerprint density at radius 2 is 2.05 bits per heavy atom. The minimum atomic E-state index is -0.488. The highest BCUT2D eigenvalue weighted by Gasteiger charge is 2.32. The van der Waals surface area contributed by atoms with Crippen LogP contribution in [0.25, 0.3) is 16.5 Å². The predicted molar refractivity (Wildman–Crippen MR) is 92.2 cm³/mol. The second kappa shape index (κ2) is 5.97. The van der Waals surface area contributed by atoms with Crippen molar-refractivity contribution in [3.63, 3.8) is 0 Å². The number of ether oxygens (including phenoxy) is 1. The Kier molecular flexibility index (Phi) is 4.42. The van der Waals surface area contributed by atoms with Gasteiger partial charge in [0.25, 0.3) is 0 Å². The van der Waals surface area contributed by atoms with Crippen molar-refractivity contribution in [3.8, 4) is 5.75 Å². The first kappa shape index (κ1) is 16.3. The normalized spacial score (nSPS) is 14.1. The fraction of sp³-hybridized carbons (Fsp3) is 0.389. The molecule has 1 heterocycles. The van der Waals surface area contributed by atoms with Gasteiger partial charge in [0.05, 0.1) is 12.6 Å². The molecule has 118 valence electrons. The minimum absolute atomic E-state index is 0.160. The van der Waals surface area contributed by atoms with Gasteiger partial charge in [-0.1, -0.05) is 33.4 Å². The maximum atomic E-state index is 11.6. The maximum absolute atomic E-state index is 11.6. The second-order valence-corrected chi connectivity index (χ2v) is 5.95. The molecule has 0 aliphatic carbocycles. The van der Waals surface area contributed by atoms with Crippen LogP contribution in [-0.4, -0.2) is 17.6 Å². The van der Waals surface area contributed by atoms with Crippen molar-refractivity contribution in [3.05, 3.63) is 46.8 Å². The van der Waals surface area contributed by atoms with E-state index in [2.05, 4.69) is 32.3 Å². The first-order valence-electron chi connectivity index (χ1n) is 7.53. The third-order valence-electron chi connectivity index (χ3n) is 4.58. The fourth-order valence-electron chi connectivity index (χ4n) is 2.88. The summed E-state index contributed by atoms with van der Waals surface area (Å²) in [4.78, 5) is 14.5. The van der Waals surface area contributed by atoms with Crippen LogP contribution in [-0.2, 0) is 0 Å². The topological polar surface area (TPSA) is 68.1 Å². The molecule has 4 heteroatoms. The third-order valence-corrected chi connectivity index (χ3v) is 4.58. The SMILES string of the molecule is C=C(c1ccc(OC)c2[nH]c(=O)ccc12)C(N)(CC)C(C)C. The smallest absolute Gasteiger partial charge is 0.248 e. The zero-order chi connectivity index (χ0) is 16.5. The Balaban J connectivity index is 2.72. The van der Waals surface area contributed by atoms with Crippen molar-refractivity contribution < 1.29 is 4.74 Å². The molecule has 0 aliphatic heterocycles. The number of methoxy groups -OCH3 is 1. The lowest BCUT2D eigenvalue weighted by Crippen LogP contribution is -2.45. The summed E-state index contributed by atoms with van der Waals surface area (Å²) in [7, 11) is 1.59. The quantitative estimate of drug-likeness (QED) is 0.890. The van der Waals surface area contributed by atoms with E-state index in [-0.39, 0.29) is 11.5 Å². The standard InChI is InChI=1S/C18H24N2O2/c1-6-18(19,11(2)3)12(4)13-7-9-15(22-5)17-14(13)8-10-16(21)20-17/h7-11H,4,6,19H2,1-3,5H3,(H,20,21). The number of rotatable bonds is 5. The van der Waals surface area contributed by atoms with E-state index >= 15 is 0 Å². The number of hydrogen-bond acceptors (Lipinski definition) is 3. The van der Waals surface area contributed by atoms with E-state index in [1.165, 1.54) is 6.07 Å². The highest BCUT2D eigenvalue weighted by atomic mass is 16.5. The number of fused-ring (bicyclic) bond motifs is 1. The van der Waals surface area contributed by atoms with E-state index in [0.29, 0.717) is 11.3 Å². The van der Waals surface area contributed by atoms with Crippen LogP contribution in [0.3, 0.4) is 0 Å². The molecular weight excluding hydrogens is 276 g/mol. The second-order valence-electron chi connectivity index (χ2n) is 5.95. The van der Waals surface area contributed by atoms with Crippen molar-refractivity contribution in [1.29, 1.82) is 0 Å². The van der Waals surface area contributed by atoms with Crippen LogP contribution >= 0.6 is 0 Å². The summed E-state index contributed by atoms with van der Waals surface area (Å²) in [5.41, 5.74) is 8.46. The fourth-order valence-corrected chi connectivity index (χ4v) is 2.88. The summed E-state index contributed by atoms with van der Waals surface area (Å²) < 4.78 is 5.35. The molecule has 1 aromatic heterocycles. The van der Waals surface area contributed by atoms with E-state index in [0.717, 1.165) is 22.9 Å². The molecule has 0 aliphatic rings. The highest BCUT2D eigenvalue weighted by molar-refractivity contribution is 5.96. The van der Waals surface area contributed by atoms with Crippen LogP contribution in [0.1, 0.15) is 32.8 Å². The Labute approximate surface area is 131 Å². The van der Waals surface area contributed by atoms with Gasteiger partial charge in [-0.15, -0.1) is 0 Å². The zero-order valence-electron chi connectivity index (χ0n) is 13.7. The number of pyridine rings is 1. The Morgan fingerprint density at radius 3 is 2.59 bits per heavy atom. The van der Waals surface area contributed by atoms with Crippen molar-refractivity contribution >= 4 is 16.5 Å². The van der Waals surface area contributed by atoms with E-state index in [1.54, 1.807) is 13.2 Å². The van der Waals surface area contributed by atoms with Crippen LogP contribution in [0, 0.1) is 5.92 Å². The molecule has 3 N–H and O–H groups in total. The molecule has 0 amide bonds. The molecule has 2 aromatic rings. The molecule has 4 nitrogen and oxygen atoms in total. The monoisotopic (exact) mass is 300 g/mol. The average molecular weight is 300 g/mol. The molecular formula is C18H24N2O2. The van der Waals surface area contributed by atoms with Gasteiger partial charge in [0.1, 0.15) is 5.75 Å². The van der Waals surface area contributed by atoms with E-state index in [9.17, 15) is 4.79 Å². The summed E-state index contributed by atoms with van der Waals surface area (Å²) in [5.74, 6) is 0.887. The van der Waals surface area contributed by atoms with Crippen molar-refractivity contribution in [2.75, 3.05) is 7.11 Å². The first-order valence-corrected chi connectivity index (χ1v) is 7.53.